The van der Waals surface area contributed by atoms with Crippen molar-refractivity contribution in [2.24, 2.45) is 5.10 Å². The summed E-state index contributed by atoms with van der Waals surface area (Å²) >= 11 is 6.05. The average molecular weight is 306 g/mol. The van der Waals surface area contributed by atoms with Gasteiger partial charge in [-0.2, -0.15) is 5.10 Å². The van der Waals surface area contributed by atoms with Crippen LogP contribution in [0.1, 0.15) is 12.5 Å². The number of benzene rings is 2. The Labute approximate surface area is 129 Å². The van der Waals surface area contributed by atoms with Gasteiger partial charge in [-0.15, -0.1) is 0 Å². The monoisotopic (exact) mass is 305 g/mol. The van der Waals surface area contributed by atoms with E-state index in [4.69, 9.17) is 11.6 Å². The van der Waals surface area contributed by atoms with E-state index in [0.29, 0.717) is 10.7 Å². The summed E-state index contributed by atoms with van der Waals surface area (Å²) in [5, 5.41) is 9.88. The summed E-state index contributed by atoms with van der Waals surface area (Å²) in [6, 6.07) is 11.9. The maximum absolute atomic E-state index is 13.3. The van der Waals surface area contributed by atoms with Crippen LogP contribution in [0.25, 0.3) is 0 Å². The minimum Gasteiger partial charge on any atom is -0.388 e. The second kappa shape index (κ2) is 6.59. The fourth-order valence-corrected chi connectivity index (χ4v) is 2.22. The number of rotatable bonds is 4. The SMILES string of the molecule is CNc1ccc(Cl)cc1/C(C)=N\N(C)c1cccc(F)c1. The third kappa shape index (κ3) is 3.73. The fourth-order valence-electron chi connectivity index (χ4n) is 2.05. The zero-order valence-electron chi connectivity index (χ0n) is 12.2. The lowest BCUT2D eigenvalue weighted by Gasteiger charge is -2.16. The summed E-state index contributed by atoms with van der Waals surface area (Å²) in [5.41, 5.74) is 3.32. The molecule has 0 heterocycles. The first-order valence-electron chi connectivity index (χ1n) is 6.53. The van der Waals surface area contributed by atoms with Crippen molar-refractivity contribution in [2.75, 3.05) is 24.4 Å². The zero-order valence-corrected chi connectivity index (χ0v) is 12.9. The van der Waals surface area contributed by atoms with Gasteiger partial charge in [0.05, 0.1) is 11.4 Å². The van der Waals surface area contributed by atoms with Gasteiger partial charge >= 0.3 is 0 Å². The summed E-state index contributed by atoms with van der Waals surface area (Å²) in [6.45, 7) is 1.89. The quantitative estimate of drug-likeness (QED) is 0.670. The van der Waals surface area contributed by atoms with Crippen molar-refractivity contribution < 1.29 is 4.39 Å². The lowest BCUT2D eigenvalue weighted by molar-refractivity contribution is 0.627. The third-order valence-corrected chi connectivity index (χ3v) is 3.36. The predicted molar refractivity (Wildman–Crippen MR) is 88.0 cm³/mol. The van der Waals surface area contributed by atoms with Crippen molar-refractivity contribution in [3.8, 4) is 0 Å². The molecule has 0 aromatic heterocycles. The Morgan fingerprint density at radius 3 is 2.67 bits per heavy atom. The van der Waals surface area contributed by atoms with Crippen molar-refractivity contribution in [1.29, 1.82) is 0 Å². The van der Waals surface area contributed by atoms with Crippen LogP contribution in [0.15, 0.2) is 47.6 Å². The molecule has 21 heavy (non-hydrogen) atoms. The van der Waals surface area contributed by atoms with Crippen LogP contribution in [-0.2, 0) is 0 Å². The average Bonchev–Trinajstić information content (AvgIpc) is 2.47. The molecule has 1 N–H and O–H groups in total. The molecule has 0 saturated heterocycles. The molecular formula is C16H17ClFN3. The molecule has 0 atom stereocenters. The van der Waals surface area contributed by atoms with Crippen LogP contribution in [0.2, 0.25) is 5.02 Å². The molecule has 2 aromatic rings. The zero-order chi connectivity index (χ0) is 15.4. The van der Waals surface area contributed by atoms with Crippen LogP contribution < -0.4 is 10.3 Å². The topological polar surface area (TPSA) is 27.6 Å². The summed E-state index contributed by atoms with van der Waals surface area (Å²) in [6.07, 6.45) is 0. The highest BCUT2D eigenvalue weighted by molar-refractivity contribution is 6.31. The second-order valence-corrected chi connectivity index (χ2v) is 5.07. The molecule has 3 nitrogen and oxygen atoms in total. The van der Waals surface area contributed by atoms with Crippen molar-refractivity contribution in [2.45, 2.75) is 6.92 Å². The van der Waals surface area contributed by atoms with E-state index in [1.165, 1.54) is 12.1 Å². The number of hydrazone groups is 1. The highest BCUT2D eigenvalue weighted by Gasteiger charge is 2.08. The number of halogens is 2. The van der Waals surface area contributed by atoms with Crippen LogP contribution in [0, 0.1) is 5.82 Å². The molecule has 0 saturated carbocycles. The highest BCUT2D eigenvalue weighted by Crippen LogP contribution is 2.22. The van der Waals surface area contributed by atoms with E-state index >= 15 is 0 Å². The molecule has 0 amide bonds. The summed E-state index contributed by atoms with van der Waals surface area (Å²) in [7, 11) is 3.62. The van der Waals surface area contributed by atoms with Crippen molar-refractivity contribution in [3.05, 3.63) is 58.9 Å². The van der Waals surface area contributed by atoms with Gasteiger partial charge < -0.3 is 5.32 Å². The molecule has 0 fully saturated rings. The molecule has 0 bridgehead atoms. The minimum absolute atomic E-state index is 0.286. The Morgan fingerprint density at radius 1 is 1.24 bits per heavy atom. The maximum Gasteiger partial charge on any atom is 0.125 e. The van der Waals surface area contributed by atoms with Crippen LogP contribution in [0.5, 0.6) is 0 Å². The van der Waals surface area contributed by atoms with Crippen LogP contribution >= 0.6 is 11.6 Å². The Hall–Kier alpha value is -2.07. The molecule has 0 radical (unpaired) electrons. The van der Waals surface area contributed by atoms with Gasteiger partial charge in [0.25, 0.3) is 0 Å². The molecule has 0 aliphatic rings. The van der Waals surface area contributed by atoms with Gasteiger partial charge in [0, 0.05) is 30.4 Å². The normalized spacial score (nSPS) is 11.4. The Bertz CT molecular complexity index is 670. The first kappa shape index (κ1) is 15.3. The number of anilines is 2. The molecule has 0 aliphatic heterocycles. The smallest absolute Gasteiger partial charge is 0.125 e. The Morgan fingerprint density at radius 2 is 2.00 bits per heavy atom. The van der Waals surface area contributed by atoms with E-state index in [0.717, 1.165) is 17.0 Å². The standard InChI is InChI=1S/C16H17ClFN3/c1-11(15-9-12(17)7-8-16(15)19-2)20-21(3)14-6-4-5-13(18)10-14/h4-10,19H,1-3H3/b20-11-. The van der Waals surface area contributed by atoms with Crippen LogP contribution in [0.4, 0.5) is 15.8 Å². The number of hydrogen-bond acceptors (Lipinski definition) is 3. The second-order valence-electron chi connectivity index (χ2n) is 4.63. The molecule has 2 aromatic carbocycles. The largest absolute Gasteiger partial charge is 0.388 e. The first-order chi connectivity index (χ1) is 10.0. The van der Waals surface area contributed by atoms with E-state index in [1.807, 2.05) is 32.2 Å². The van der Waals surface area contributed by atoms with Gasteiger partial charge in [0.2, 0.25) is 0 Å². The molecular weight excluding hydrogens is 289 g/mol. The molecule has 2 rings (SSSR count). The lowest BCUT2D eigenvalue weighted by atomic mass is 10.1. The first-order valence-corrected chi connectivity index (χ1v) is 6.91. The number of hydrogen-bond donors (Lipinski definition) is 1. The van der Waals surface area contributed by atoms with Gasteiger partial charge in [-0.05, 0) is 43.3 Å². The maximum atomic E-state index is 13.3. The van der Waals surface area contributed by atoms with E-state index in [2.05, 4.69) is 10.4 Å². The van der Waals surface area contributed by atoms with Gasteiger partial charge in [-0.25, -0.2) is 4.39 Å². The van der Waals surface area contributed by atoms with E-state index < -0.39 is 0 Å². The fraction of sp³-hybridized carbons (Fsp3) is 0.188. The van der Waals surface area contributed by atoms with E-state index in [9.17, 15) is 4.39 Å². The molecule has 5 heteroatoms. The molecule has 0 aliphatic carbocycles. The van der Waals surface area contributed by atoms with Crippen molar-refractivity contribution in [3.63, 3.8) is 0 Å². The third-order valence-electron chi connectivity index (χ3n) is 3.12. The number of nitrogens with zero attached hydrogens (tertiary/aromatic N) is 2. The summed E-state index contributed by atoms with van der Waals surface area (Å²) in [4.78, 5) is 0. The van der Waals surface area contributed by atoms with Gasteiger partial charge in [-0.3, -0.25) is 5.01 Å². The summed E-state index contributed by atoms with van der Waals surface area (Å²) < 4.78 is 13.3. The van der Waals surface area contributed by atoms with Crippen molar-refractivity contribution in [1.82, 2.24) is 0 Å². The minimum atomic E-state index is -0.286. The summed E-state index contributed by atoms with van der Waals surface area (Å²) in [5.74, 6) is -0.286. The van der Waals surface area contributed by atoms with Crippen LogP contribution in [0.3, 0.4) is 0 Å². The van der Waals surface area contributed by atoms with Gasteiger partial charge in [-0.1, -0.05) is 17.7 Å². The van der Waals surface area contributed by atoms with E-state index in [-0.39, 0.29) is 5.82 Å². The highest BCUT2D eigenvalue weighted by atomic mass is 35.5. The number of nitrogens with one attached hydrogen (secondary N) is 1. The Balaban J connectivity index is 2.34. The Kier molecular flexibility index (Phi) is 4.81. The molecule has 0 spiro atoms. The van der Waals surface area contributed by atoms with E-state index in [1.54, 1.807) is 24.2 Å². The van der Waals surface area contributed by atoms with Gasteiger partial charge in [0.1, 0.15) is 5.82 Å². The molecule has 0 unspecified atom stereocenters. The lowest BCUT2D eigenvalue weighted by Crippen LogP contribution is -2.13. The molecule has 110 valence electrons. The predicted octanol–water partition coefficient (Wildman–Crippen LogP) is 4.38. The van der Waals surface area contributed by atoms with Crippen molar-refractivity contribution >= 4 is 28.7 Å². The van der Waals surface area contributed by atoms with Crippen LogP contribution in [-0.4, -0.2) is 19.8 Å². The van der Waals surface area contributed by atoms with Gasteiger partial charge in [0.15, 0.2) is 0 Å².